The number of aliphatic imine (C=N–C) groups is 1. The average Bonchev–Trinajstić information content (AvgIpc) is 3.67. The molecule has 5 rings (SSSR count). The fraction of sp³-hybridized carbons (Fsp3) is 0.667. The number of nitrogens with one attached hydrogen (secondary N) is 1. The fourth-order valence-corrected chi connectivity index (χ4v) is 5.47. The maximum atomic E-state index is 12.0. The highest BCUT2D eigenvalue weighted by atomic mass is 127. The number of hydrogen-bond acceptors (Lipinski definition) is 2. The molecule has 6 heteroatoms. The summed E-state index contributed by atoms with van der Waals surface area (Å²) in [5.41, 5.74) is 2.69. The van der Waals surface area contributed by atoms with E-state index in [0.29, 0.717) is 11.8 Å². The molecule has 1 aromatic carbocycles. The molecule has 2 heterocycles. The minimum atomic E-state index is 0. The SMILES string of the molecule is CN=C(NCC(C1CC1)C1CC1)N1CC(CCN2CCCC2=O)c2ccccc21.I. The van der Waals surface area contributed by atoms with Crippen molar-refractivity contribution in [1.82, 2.24) is 10.2 Å². The Kier molecular flexibility index (Phi) is 6.90. The zero-order valence-electron chi connectivity index (χ0n) is 18.1. The second-order valence-electron chi connectivity index (χ2n) is 9.41. The number of carbonyl (C=O) groups is 1. The molecule has 2 aliphatic carbocycles. The molecule has 0 aromatic heterocycles. The summed E-state index contributed by atoms with van der Waals surface area (Å²) in [4.78, 5) is 21.1. The fourth-order valence-electron chi connectivity index (χ4n) is 5.47. The molecule has 0 bridgehead atoms. The minimum Gasteiger partial charge on any atom is -0.356 e. The highest BCUT2D eigenvalue weighted by molar-refractivity contribution is 14.0. The van der Waals surface area contributed by atoms with Crippen molar-refractivity contribution in [2.24, 2.45) is 22.7 Å². The number of halogens is 1. The first kappa shape index (κ1) is 21.9. The lowest BCUT2D eigenvalue weighted by atomic mass is 9.98. The normalized spacial score (nSPS) is 23.7. The van der Waals surface area contributed by atoms with E-state index in [-0.39, 0.29) is 24.0 Å². The molecule has 2 saturated carbocycles. The van der Waals surface area contributed by atoms with Crippen molar-refractivity contribution in [3.05, 3.63) is 29.8 Å². The molecular weight excluding hydrogens is 487 g/mol. The second kappa shape index (κ2) is 9.45. The van der Waals surface area contributed by atoms with Crippen molar-refractivity contribution in [3.8, 4) is 0 Å². The number of hydrogen-bond donors (Lipinski definition) is 1. The van der Waals surface area contributed by atoms with Crippen LogP contribution in [0.2, 0.25) is 0 Å². The Hall–Kier alpha value is -1.31. The molecule has 1 aromatic rings. The van der Waals surface area contributed by atoms with Crippen molar-refractivity contribution in [3.63, 3.8) is 0 Å². The molecule has 30 heavy (non-hydrogen) atoms. The van der Waals surface area contributed by atoms with Crippen LogP contribution in [0.3, 0.4) is 0 Å². The maximum Gasteiger partial charge on any atom is 0.222 e. The van der Waals surface area contributed by atoms with Crippen LogP contribution in [0.25, 0.3) is 0 Å². The van der Waals surface area contributed by atoms with Gasteiger partial charge in [0.15, 0.2) is 5.96 Å². The first-order valence-corrected chi connectivity index (χ1v) is 11.6. The van der Waals surface area contributed by atoms with Gasteiger partial charge in [0.2, 0.25) is 5.91 Å². The molecule has 4 aliphatic rings. The van der Waals surface area contributed by atoms with Crippen molar-refractivity contribution >= 4 is 41.5 Å². The predicted octanol–water partition coefficient (Wildman–Crippen LogP) is 4.23. The minimum absolute atomic E-state index is 0. The van der Waals surface area contributed by atoms with E-state index in [0.717, 1.165) is 69.2 Å². The number of likely N-dealkylation sites (tertiary alicyclic amines) is 1. The monoisotopic (exact) mass is 522 g/mol. The summed E-state index contributed by atoms with van der Waals surface area (Å²) in [6.07, 6.45) is 8.47. The summed E-state index contributed by atoms with van der Waals surface area (Å²) >= 11 is 0. The molecular formula is C24H35IN4O. The summed E-state index contributed by atoms with van der Waals surface area (Å²) in [5.74, 6) is 4.54. The summed E-state index contributed by atoms with van der Waals surface area (Å²) in [5, 5.41) is 3.73. The van der Waals surface area contributed by atoms with Gasteiger partial charge in [-0.25, -0.2) is 0 Å². The van der Waals surface area contributed by atoms with E-state index < -0.39 is 0 Å². The summed E-state index contributed by atoms with van der Waals surface area (Å²) in [6, 6.07) is 8.75. The molecule has 1 N–H and O–H groups in total. The Morgan fingerprint density at radius 1 is 1.20 bits per heavy atom. The van der Waals surface area contributed by atoms with E-state index >= 15 is 0 Å². The van der Waals surface area contributed by atoms with Crippen LogP contribution in [0.1, 0.15) is 56.4 Å². The number of rotatable bonds is 7. The van der Waals surface area contributed by atoms with Crippen molar-refractivity contribution in [2.75, 3.05) is 38.1 Å². The summed E-state index contributed by atoms with van der Waals surface area (Å²) in [6.45, 7) is 3.83. The van der Waals surface area contributed by atoms with Crippen LogP contribution >= 0.6 is 24.0 Å². The average molecular weight is 522 g/mol. The third kappa shape index (κ3) is 4.63. The lowest BCUT2D eigenvalue weighted by molar-refractivity contribution is -0.127. The van der Waals surface area contributed by atoms with E-state index in [1.165, 1.54) is 36.9 Å². The molecule has 1 amide bonds. The van der Waals surface area contributed by atoms with E-state index in [9.17, 15) is 4.79 Å². The zero-order valence-corrected chi connectivity index (χ0v) is 20.4. The number of benzene rings is 1. The highest BCUT2D eigenvalue weighted by Gasteiger charge is 2.41. The van der Waals surface area contributed by atoms with Gasteiger partial charge in [0.1, 0.15) is 0 Å². The topological polar surface area (TPSA) is 47.9 Å². The second-order valence-corrected chi connectivity index (χ2v) is 9.41. The Balaban J connectivity index is 0.00000218. The lowest BCUT2D eigenvalue weighted by Gasteiger charge is -2.25. The van der Waals surface area contributed by atoms with E-state index in [2.05, 4.69) is 39.5 Å². The number of nitrogens with zero attached hydrogens (tertiary/aromatic N) is 3. The van der Waals surface area contributed by atoms with Gasteiger partial charge in [0.25, 0.3) is 0 Å². The number of fused-ring (bicyclic) bond motifs is 1. The largest absolute Gasteiger partial charge is 0.356 e. The van der Waals surface area contributed by atoms with Crippen LogP contribution in [0.15, 0.2) is 29.3 Å². The third-order valence-corrected chi connectivity index (χ3v) is 7.41. The van der Waals surface area contributed by atoms with Crippen molar-refractivity contribution in [2.45, 2.75) is 50.9 Å². The zero-order chi connectivity index (χ0) is 19.8. The Morgan fingerprint density at radius 3 is 2.57 bits per heavy atom. The molecule has 1 unspecified atom stereocenters. The van der Waals surface area contributed by atoms with Crippen LogP contribution in [-0.2, 0) is 4.79 Å². The van der Waals surface area contributed by atoms with E-state index in [1.807, 2.05) is 11.9 Å². The quantitative estimate of drug-likeness (QED) is 0.331. The summed E-state index contributed by atoms with van der Waals surface area (Å²) < 4.78 is 0. The highest BCUT2D eigenvalue weighted by Crippen LogP contribution is 2.49. The van der Waals surface area contributed by atoms with Gasteiger partial charge in [-0.2, -0.15) is 0 Å². The Morgan fingerprint density at radius 2 is 1.93 bits per heavy atom. The van der Waals surface area contributed by atoms with E-state index in [1.54, 1.807) is 0 Å². The van der Waals surface area contributed by atoms with Gasteiger partial charge >= 0.3 is 0 Å². The number of amides is 1. The smallest absolute Gasteiger partial charge is 0.222 e. The molecule has 5 nitrogen and oxygen atoms in total. The Labute approximate surface area is 197 Å². The van der Waals surface area contributed by atoms with Gasteiger partial charge in [-0.1, -0.05) is 18.2 Å². The molecule has 3 fully saturated rings. The van der Waals surface area contributed by atoms with Gasteiger partial charge in [0.05, 0.1) is 0 Å². The van der Waals surface area contributed by atoms with Gasteiger partial charge in [-0.05, 0) is 67.9 Å². The third-order valence-electron chi connectivity index (χ3n) is 7.41. The first-order valence-electron chi connectivity index (χ1n) is 11.6. The van der Waals surface area contributed by atoms with Crippen molar-refractivity contribution in [1.29, 1.82) is 0 Å². The van der Waals surface area contributed by atoms with Crippen LogP contribution in [0.4, 0.5) is 5.69 Å². The number of anilines is 1. The number of carbonyl (C=O) groups excluding carboxylic acids is 1. The van der Waals surface area contributed by atoms with Gasteiger partial charge in [0, 0.05) is 51.3 Å². The molecule has 1 atom stereocenters. The Bertz CT molecular complexity index is 777. The summed E-state index contributed by atoms with van der Waals surface area (Å²) in [7, 11) is 1.91. The molecule has 0 radical (unpaired) electrons. The predicted molar refractivity (Wildman–Crippen MR) is 133 cm³/mol. The van der Waals surface area contributed by atoms with Crippen LogP contribution in [0, 0.1) is 17.8 Å². The van der Waals surface area contributed by atoms with Crippen molar-refractivity contribution < 1.29 is 4.79 Å². The van der Waals surface area contributed by atoms with Gasteiger partial charge in [-0.3, -0.25) is 9.79 Å². The van der Waals surface area contributed by atoms with Gasteiger partial charge in [-0.15, -0.1) is 24.0 Å². The van der Waals surface area contributed by atoms with E-state index in [4.69, 9.17) is 0 Å². The molecule has 2 aliphatic heterocycles. The molecule has 164 valence electrons. The van der Waals surface area contributed by atoms with Gasteiger partial charge < -0.3 is 15.1 Å². The van der Waals surface area contributed by atoms with Crippen LogP contribution in [-0.4, -0.2) is 50.0 Å². The van der Waals surface area contributed by atoms with Crippen LogP contribution < -0.4 is 10.2 Å². The first-order chi connectivity index (χ1) is 14.2. The number of guanidine groups is 1. The lowest BCUT2D eigenvalue weighted by Crippen LogP contribution is -2.43. The maximum absolute atomic E-state index is 12.0. The van der Waals surface area contributed by atoms with Crippen LogP contribution in [0.5, 0.6) is 0 Å². The number of para-hydroxylation sites is 1. The molecule has 0 spiro atoms. The standard InChI is InChI=1S/C24H34N4O.HI/c1-25-24(26-15-21(17-8-9-17)18-10-11-18)28-16-19(20-5-2-3-6-22(20)28)12-14-27-13-4-7-23(27)29;/h2-3,5-6,17-19,21H,4,7-16H2,1H3,(H,25,26);1H. The molecule has 1 saturated heterocycles.